The van der Waals surface area contributed by atoms with Gasteiger partial charge in [0.05, 0.1) is 12.1 Å². The van der Waals surface area contributed by atoms with Gasteiger partial charge in [-0.2, -0.15) is 0 Å². The van der Waals surface area contributed by atoms with Crippen LogP contribution in [0.4, 0.5) is 4.39 Å². The van der Waals surface area contributed by atoms with Crippen LogP contribution in [0.1, 0.15) is 11.1 Å². The number of nitrogens with zero attached hydrogens (tertiary/aromatic N) is 3. The van der Waals surface area contributed by atoms with Crippen LogP contribution in [0.15, 0.2) is 82.9 Å². The van der Waals surface area contributed by atoms with Gasteiger partial charge in [-0.05, 0) is 35.4 Å². The second-order valence-corrected chi connectivity index (χ2v) is 8.76. The Hall–Kier alpha value is -3.03. The number of rotatable bonds is 5. The van der Waals surface area contributed by atoms with Gasteiger partial charge in [-0.25, -0.2) is 14.4 Å². The van der Waals surface area contributed by atoms with Crippen molar-refractivity contribution in [2.24, 2.45) is 0 Å². The highest BCUT2D eigenvalue weighted by atomic mass is 32.2. The van der Waals surface area contributed by atoms with Gasteiger partial charge in [0.1, 0.15) is 15.3 Å². The summed E-state index contributed by atoms with van der Waals surface area (Å²) in [6.45, 7) is 0.334. The zero-order chi connectivity index (χ0) is 20.5. The average molecular weight is 434 g/mol. The average Bonchev–Trinajstić information content (AvgIpc) is 3.15. The molecule has 0 aliphatic carbocycles. The number of pyridine rings is 1. The number of hydrogen-bond acceptors (Lipinski definition) is 5. The van der Waals surface area contributed by atoms with Crippen LogP contribution in [0.2, 0.25) is 0 Å². The lowest BCUT2D eigenvalue weighted by atomic mass is 10.2. The fraction of sp³-hybridized carbons (Fsp3) is 0.0870. The summed E-state index contributed by atoms with van der Waals surface area (Å²) in [5.41, 5.74) is 2.60. The smallest absolute Gasteiger partial charge is 0.272 e. The molecule has 148 valence electrons. The Labute approximate surface area is 180 Å². The molecule has 0 N–H and O–H groups in total. The van der Waals surface area contributed by atoms with Crippen LogP contribution in [0.5, 0.6) is 0 Å². The van der Waals surface area contributed by atoms with Crippen molar-refractivity contribution in [1.82, 2.24) is 14.5 Å². The van der Waals surface area contributed by atoms with Crippen LogP contribution < -0.4 is 5.56 Å². The van der Waals surface area contributed by atoms with E-state index in [2.05, 4.69) is 17.1 Å². The van der Waals surface area contributed by atoms with Gasteiger partial charge in [-0.3, -0.25) is 9.36 Å². The summed E-state index contributed by atoms with van der Waals surface area (Å²) in [6.07, 6.45) is 1.72. The molecule has 5 rings (SSSR count). The molecule has 0 aliphatic heterocycles. The van der Waals surface area contributed by atoms with Gasteiger partial charge >= 0.3 is 0 Å². The Morgan fingerprint density at radius 2 is 1.77 bits per heavy atom. The van der Waals surface area contributed by atoms with E-state index in [1.807, 2.05) is 30.3 Å². The third kappa shape index (κ3) is 3.62. The van der Waals surface area contributed by atoms with Crippen molar-refractivity contribution in [3.63, 3.8) is 0 Å². The Kier molecular flexibility index (Phi) is 5.06. The molecule has 0 atom stereocenters. The molecule has 7 heteroatoms. The maximum Gasteiger partial charge on any atom is 0.272 e. The third-order valence-corrected chi connectivity index (χ3v) is 6.92. The fourth-order valence-electron chi connectivity index (χ4n) is 3.29. The minimum absolute atomic E-state index is 0.0945. The van der Waals surface area contributed by atoms with E-state index >= 15 is 0 Å². The fourth-order valence-corrected chi connectivity index (χ4v) is 5.26. The summed E-state index contributed by atoms with van der Waals surface area (Å²) >= 11 is 2.89. The van der Waals surface area contributed by atoms with E-state index in [1.54, 1.807) is 22.9 Å². The van der Waals surface area contributed by atoms with Gasteiger partial charge in [0, 0.05) is 17.3 Å². The molecule has 0 bridgehead atoms. The maximum absolute atomic E-state index is 13.4. The monoisotopic (exact) mass is 433 g/mol. The molecule has 0 saturated heterocycles. The molecular weight excluding hydrogens is 417 g/mol. The summed E-state index contributed by atoms with van der Waals surface area (Å²) in [5, 5.41) is 1.54. The largest absolute Gasteiger partial charge is 0.282 e. The highest BCUT2D eigenvalue weighted by Crippen LogP contribution is 2.31. The third-order valence-electron chi connectivity index (χ3n) is 4.78. The Morgan fingerprint density at radius 1 is 0.967 bits per heavy atom. The molecule has 5 aromatic rings. The predicted molar refractivity (Wildman–Crippen MR) is 121 cm³/mol. The number of fused-ring (bicyclic) bond motifs is 3. The van der Waals surface area contributed by atoms with Gasteiger partial charge in [0.25, 0.3) is 5.56 Å². The van der Waals surface area contributed by atoms with Gasteiger partial charge in [0.2, 0.25) is 0 Å². The lowest BCUT2D eigenvalue weighted by Gasteiger charge is -2.12. The summed E-state index contributed by atoms with van der Waals surface area (Å²) in [5.74, 6) is 0.400. The number of halogens is 1. The molecule has 2 aromatic carbocycles. The molecule has 0 aliphatic rings. The predicted octanol–water partition coefficient (Wildman–Crippen LogP) is 5.49. The molecule has 0 saturated carbocycles. The highest BCUT2D eigenvalue weighted by Gasteiger charge is 2.17. The number of hydrogen-bond donors (Lipinski definition) is 0. The topological polar surface area (TPSA) is 47.8 Å². The molecule has 30 heavy (non-hydrogen) atoms. The highest BCUT2D eigenvalue weighted by molar-refractivity contribution is 7.98. The zero-order valence-electron chi connectivity index (χ0n) is 15.8. The quantitative estimate of drug-likeness (QED) is 0.272. The van der Waals surface area contributed by atoms with Gasteiger partial charge < -0.3 is 0 Å². The van der Waals surface area contributed by atoms with Crippen molar-refractivity contribution < 1.29 is 4.39 Å². The summed E-state index contributed by atoms with van der Waals surface area (Å²) < 4.78 is 15.6. The maximum atomic E-state index is 13.4. The van der Waals surface area contributed by atoms with Crippen LogP contribution >= 0.6 is 23.1 Å². The first kappa shape index (κ1) is 19.0. The number of aromatic nitrogens is 3. The van der Waals surface area contributed by atoms with Crippen molar-refractivity contribution in [3.05, 3.63) is 100 Å². The molecule has 3 aromatic heterocycles. The van der Waals surface area contributed by atoms with Gasteiger partial charge in [-0.1, -0.05) is 54.2 Å². The SMILES string of the molecule is O=c1c2sc3ncccc3c2nc(SCc2ccccc2)n1Cc1ccc(F)cc1. The van der Waals surface area contributed by atoms with Crippen LogP contribution in [0, 0.1) is 5.82 Å². The van der Waals surface area contributed by atoms with Crippen LogP contribution in [-0.4, -0.2) is 14.5 Å². The summed E-state index contributed by atoms with van der Waals surface area (Å²) in [6, 6.07) is 20.1. The first-order valence-corrected chi connectivity index (χ1v) is 11.2. The summed E-state index contributed by atoms with van der Waals surface area (Å²) in [4.78, 5) is 23.5. The second-order valence-electron chi connectivity index (χ2n) is 6.82. The molecule has 0 fully saturated rings. The number of benzene rings is 2. The molecule has 0 spiro atoms. The van der Waals surface area contributed by atoms with E-state index in [0.29, 0.717) is 27.7 Å². The van der Waals surface area contributed by atoms with E-state index < -0.39 is 0 Å². The first-order chi connectivity index (χ1) is 14.7. The standard InChI is InChI=1S/C23H16FN3OS2/c24-17-10-8-15(9-11-17)13-27-22(28)20-19(18-7-4-12-25-21(18)30-20)26-23(27)29-14-16-5-2-1-3-6-16/h1-12H,13-14H2. The Balaban J connectivity index is 1.64. The van der Waals surface area contributed by atoms with E-state index in [4.69, 9.17) is 4.98 Å². The molecule has 0 radical (unpaired) electrons. The van der Waals surface area contributed by atoms with Crippen molar-refractivity contribution in [3.8, 4) is 0 Å². The first-order valence-electron chi connectivity index (χ1n) is 9.38. The van der Waals surface area contributed by atoms with E-state index in [9.17, 15) is 9.18 Å². The minimum Gasteiger partial charge on any atom is -0.282 e. The van der Waals surface area contributed by atoms with Gasteiger partial charge in [0.15, 0.2) is 5.16 Å². The Morgan fingerprint density at radius 3 is 2.57 bits per heavy atom. The minimum atomic E-state index is -0.297. The van der Waals surface area contributed by atoms with Gasteiger partial charge in [-0.15, -0.1) is 11.3 Å². The number of thiophene rings is 1. The van der Waals surface area contributed by atoms with Crippen LogP contribution in [-0.2, 0) is 12.3 Å². The van der Waals surface area contributed by atoms with Crippen molar-refractivity contribution in [2.45, 2.75) is 17.5 Å². The molecule has 4 nitrogen and oxygen atoms in total. The van der Waals surface area contributed by atoms with Crippen molar-refractivity contribution in [2.75, 3.05) is 0 Å². The normalized spacial score (nSPS) is 11.4. The molecular formula is C23H16FN3OS2. The Bertz CT molecular complexity index is 1400. The van der Waals surface area contributed by atoms with Crippen LogP contribution in [0.25, 0.3) is 20.4 Å². The lowest BCUT2D eigenvalue weighted by Crippen LogP contribution is -2.23. The summed E-state index contributed by atoms with van der Waals surface area (Å²) in [7, 11) is 0. The molecule has 0 unspecified atom stereocenters. The lowest BCUT2D eigenvalue weighted by molar-refractivity contribution is 0.623. The van der Waals surface area contributed by atoms with E-state index in [-0.39, 0.29) is 11.4 Å². The molecule has 0 amide bonds. The van der Waals surface area contributed by atoms with E-state index in [0.717, 1.165) is 21.3 Å². The number of thioether (sulfide) groups is 1. The zero-order valence-corrected chi connectivity index (χ0v) is 17.4. The second kappa shape index (κ2) is 8.01. The van der Waals surface area contributed by atoms with E-state index in [1.165, 1.54) is 35.2 Å². The molecule has 3 heterocycles. The van der Waals surface area contributed by atoms with Crippen LogP contribution in [0.3, 0.4) is 0 Å². The van der Waals surface area contributed by atoms with Crippen molar-refractivity contribution in [1.29, 1.82) is 0 Å². The van der Waals surface area contributed by atoms with Crippen molar-refractivity contribution >= 4 is 43.5 Å².